The molecular weight excluding hydrogens is 425 g/mol. The molecule has 4 rings (SSSR count). The lowest BCUT2D eigenvalue weighted by atomic mass is 10.1. The third-order valence-electron chi connectivity index (χ3n) is 5.56. The Morgan fingerprint density at radius 3 is 2.56 bits per heavy atom. The van der Waals surface area contributed by atoms with E-state index >= 15 is 0 Å². The highest BCUT2D eigenvalue weighted by Gasteiger charge is 2.15. The second kappa shape index (κ2) is 9.14. The van der Waals surface area contributed by atoms with Gasteiger partial charge in [0.15, 0.2) is 0 Å². The minimum Gasteiger partial charge on any atom is -0.331 e. The predicted octanol–water partition coefficient (Wildman–Crippen LogP) is 4.59. The maximum absolute atomic E-state index is 13.9. The first kappa shape index (κ1) is 22.0. The maximum atomic E-state index is 13.9. The molecule has 0 bridgehead atoms. The average Bonchev–Trinajstić information content (AvgIpc) is 3.22. The summed E-state index contributed by atoms with van der Waals surface area (Å²) in [4.78, 5) is 12.9. The molecule has 1 heterocycles. The van der Waals surface area contributed by atoms with Gasteiger partial charge in [-0.3, -0.25) is 4.21 Å². The molecule has 0 saturated heterocycles. The van der Waals surface area contributed by atoms with Crippen LogP contribution in [0.2, 0.25) is 0 Å². The molecule has 32 heavy (non-hydrogen) atoms. The molecule has 0 aromatic heterocycles. The summed E-state index contributed by atoms with van der Waals surface area (Å²) in [5, 5.41) is 8.76. The standard InChI is InChI=1S/C25H26FN3O2S/c1-17(23-5-3-4-6-24(23)26)28-25(30)29-21-9-11-22(12-10-21)32(2,31)16-18-7-8-19-14-27-15-20(19)13-18/h3-13,17,27H,2,14-16H2,1H3,(H2,28,29,30). The van der Waals surface area contributed by atoms with Crippen molar-refractivity contribution in [3.05, 3.63) is 94.8 Å². The number of fused-ring (bicyclic) bond motifs is 1. The van der Waals surface area contributed by atoms with E-state index in [0.717, 1.165) is 18.7 Å². The molecule has 0 aliphatic carbocycles. The Balaban J connectivity index is 1.39. The molecule has 3 aromatic rings. The number of rotatable bonds is 6. The zero-order valence-corrected chi connectivity index (χ0v) is 18.7. The first-order valence-electron chi connectivity index (χ1n) is 10.4. The lowest BCUT2D eigenvalue weighted by Gasteiger charge is -2.16. The summed E-state index contributed by atoms with van der Waals surface area (Å²) in [5.74, 6) is 3.97. The summed E-state index contributed by atoms with van der Waals surface area (Å²) in [6.45, 7) is 3.42. The molecule has 3 N–H and O–H groups in total. The molecule has 0 radical (unpaired) electrons. The summed E-state index contributed by atoms with van der Waals surface area (Å²) >= 11 is 0. The van der Waals surface area contributed by atoms with Crippen molar-refractivity contribution in [1.29, 1.82) is 0 Å². The smallest absolute Gasteiger partial charge is 0.319 e. The summed E-state index contributed by atoms with van der Waals surface area (Å²) in [7, 11) is -2.53. The number of amides is 2. The van der Waals surface area contributed by atoms with Crippen LogP contribution in [0.4, 0.5) is 14.9 Å². The number of carbonyl (C=O) groups excluding carboxylic acids is 1. The van der Waals surface area contributed by atoms with Crippen molar-refractivity contribution in [3.63, 3.8) is 0 Å². The van der Waals surface area contributed by atoms with Gasteiger partial charge in [0.05, 0.1) is 6.04 Å². The second-order valence-corrected chi connectivity index (χ2v) is 10.4. The van der Waals surface area contributed by atoms with E-state index in [-0.39, 0.29) is 5.82 Å². The van der Waals surface area contributed by atoms with Crippen LogP contribution in [0.5, 0.6) is 0 Å². The normalized spacial score (nSPS) is 15.4. The Labute approximate surface area is 188 Å². The number of urea groups is 1. The molecule has 2 unspecified atom stereocenters. The molecule has 0 saturated carbocycles. The lowest BCUT2D eigenvalue weighted by Crippen LogP contribution is -2.31. The molecule has 1 aliphatic heterocycles. The highest BCUT2D eigenvalue weighted by Crippen LogP contribution is 2.23. The molecule has 1 aliphatic rings. The van der Waals surface area contributed by atoms with Crippen LogP contribution in [0, 0.1) is 5.82 Å². The second-order valence-electron chi connectivity index (χ2n) is 8.03. The van der Waals surface area contributed by atoms with Gasteiger partial charge in [-0.05, 0) is 59.8 Å². The monoisotopic (exact) mass is 451 g/mol. The van der Waals surface area contributed by atoms with Gasteiger partial charge in [-0.2, -0.15) is 0 Å². The Hall–Kier alpha value is -3.16. The van der Waals surface area contributed by atoms with Gasteiger partial charge in [0.1, 0.15) is 5.82 Å². The van der Waals surface area contributed by atoms with Crippen LogP contribution in [-0.4, -0.2) is 16.1 Å². The molecule has 0 fully saturated rings. The molecule has 0 spiro atoms. The van der Waals surface area contributed by atoms with Crippen molar-refractivity contribution in [2.75, 3.05) is 5.32 Å². The van der Waals surface area contributed by atoms with Gasteiger partial charge in [-0.25, -0.2) is 9.18 Å². The van der Waals surface area contributed by atoms with Gasteiger partial charge < -0.3 is 16.0 Å². The third-order valence-corrected chi connectivity index (χ3v) is 7.49. The van der Waals surface area contributed by atoms with E-state index in [2.05, 4.69) is 34.0 Å². The van der Waals surface area contributed by atoms with Crippen molar-refractivity contribution in [3.8, 4) is 0 Å². The van der Waals surface area contributed by atoms with E-state index in [1.54, 1.807) is 49.4 Å². The van der Waals surface area contributed by atoms with Crippen LogP contribution >= 0.6 is 0 Å². The van der Waals surface area contributed by atoms with Crippen molar-refractivity contribution in [2.45, 2.75) is 36.7 Å². The average molecular weight is 452 g/mol. The van der Waals surface area contributed by atoms with Gasteiger partial charge in [-0.15, -0.1) is 0 Å². The highest BCUT2D eigenvalue weighted by molar-refractivity contribution is 7.99. The van der Waals surface area contributed by atoms with Crippen molar-refractivity contribution < 1.29 is 13.4 Å². The number of carbonyl (C=O) groups is 1. The number of halogens is 1. The van der Waals surface area contributed by atoms with Gasteiger partial charge in [-0.1, -0.05) is 36.4 Å². The number of hydrogen-bond donors (Lipinski definition) is 3. The van der Waals surface area contributed by atoms with Gasteiger partial charge in [0.2, 0.25) is 0 Å². The van der Waals surface area contributed by atoms with Crippen LogP contribution in [0.25, 0.3) is 0 Å². The van der Waals surface area contributed by atoms with Gasteiger partial charge in [0.25, 0.3) is 0 Å². The maximum Gasteiger partial charge on any atom is 0.319 e. The van der Waals surface area contributed by atoms with Gasteiger partial charge in [0, 0.05) is 44.5 Å². The van der Waals surface area contributed by atoms with E-state index in [4.69, 9.17) is 0 Å². The largest absolute Gasteiger partial charge is 0.331 e. The van der Waals surface area contributed by atoms with E-state index < -0.39 is 21.6 Å². The van der Waals surface area contributed by atoms with Gasteiger partial charge >= 0.3 is 6.03 Å². The fraction of sp³-hybridized carbons (Fsp3) is 0.200. The van der Waals surface area contributed by atoms with Crippen LogP contribution in [-0.2, 0) is 28.4 Å². The van der Waals surface area contributed by atoms with E-state index in [1.165, 1.54) is 17.2 Å². The Morgan fingerprint density at radius 1 is 1.09 bits per heavy atom. The molecule has 166 valence electrons. The van der Waals surface area contributed by atoms with Crippen LogP contribution in [0.15, 0.2) is 71.6 Å². The number of nitrogens with one attached hydrogen (secondary N) is 3. The molecule has 3 aromatic carbocycles. The number of hydrogen-bond acceptors (Lipinski definition) is 3. The number of benzene rings is 3. The van der Waals surface area contributed by atoms with Crippen LogP contribution in [0.3, 0.4) is 0 Å². The highest BCUT2D eigenvalue weighted by atomic mass is 32.2. The Morgan fingerprint density at radius 2 is 1.81 bits per heavy atom. The summed E-state index contributed by atoms with van der Waals surface area (Å²) in [5.41, 5.74) is 4.48. The topological polar surface area (TPSA) is 70.2 Å². The summed E-state index contributed by atoms with van der Waals surface area (Å²) in [6.07, 6.45) is 0. The molecule has 5 nitrogen and oxygen atoms in total. The first-order chi connectivity index (χ1) is 15.3. The van der Waals surface area contributed by atoms with E-state index in [1.807, 2.05) is 6.07 Å². The quantitative estimate of drug-likeness (QED) is 0.480. The SMILES string of the molecule is C=S(=O)(Cc1ccc2c(c1)CNC2)c1ccc(NC(=O)NC(C)c2ccccc2F)cc1. The van der Waals surface area contributed by atoms with E-state index in [0.29, 0.717) is 21.9 Å². The van der Waals surface area contributed by atoms with Crippen molar-refractivity contribution in [2.24, 2.45) is 0 Å². The zero-order chi connectivity index (χ0) is 22.7. The third kappa shape index (κ3) is 5.00. The van der Waals surface area contributed by atoms with Crippen molar-refractivity contribution >= 4 is 27.1 Å². The Bertz CT molecular complexity index is 1240. The lowest BCUT2D eigenvalue weighted by molar-refractivity contribution is 0.249. The van der Waals surface area contributed by atoms with Crippen molar-refractivity contribution in [1.82, 2.24) is 10.6 Å². The fourth-order valence-corrected chi connectivity index (χ4v) is 5.36. The molecule has 2 amide bonds. The minimum absolute atomic E-state index is 0.355. The minimum atomic E-state index is -2.53. The summed E-state index contributed by atoms with van der Waals surface area (Å²) < 4.78 is 27.1. The molecular formula is C25H26FN3O2S. The van der Waals surface area contributed by atoms with E-state index in [9.17, 15) is 13.4 Å². The predicted molar refractivity (Wildman–Crippen MR) is 128 cm³/mol. The fourth-order valence-electron chi connectivity index (χ4n) is 3.84. The Kier molecular flexibility index (Phi) is 6.30. The summed E-state index contributed by atoms with van der Waals surface area (Å²) in [6, 6.07) is 18.4. The first-order valence-corrected chi connectivity index (χ1v) is 12.3. The van der Waals surface area contributed by atoms with Crippen LogP contribution < -0.4 is 16.0 Å². The molecule has 7 heteroatoms. The zero-order valence-electron chi connectivity index (χ0n) is 17.9. The van der Waals surface area contributed by atoms with Crippen LogP contribution in [0.1, 0.15) is 35.2 Å². The molecule has 2 atom stereocenters. The number of anilines is 1.